The van der Waals surface area contributed by atoms with E-state index in [2.05, 4.69) is 33.9 Å². The van der Waals surface area contributed by atoms with Gasteiger partial charge >= 0.3 is 0 Å². The molecule has 0 aliphatic heterocycles. The van der Waals surface area contributed by atoms with E-state index < -0.39 is 8.32 Å². The average molecular weight is 214 g/mol. The Morgan fingerprint density at radius 3 is 2.21 bits per heavy atom. The average Bonchev–Trinajstić information content (AvgIpc) is 2.01. The third kappa shape index (κ3) is 4.20. The van der Waals surface area contributed by atoms with Crippen molar-refractivity contribution in [3.8, 4) is 0 Å². The lowest BCUT2D eigenvalue weighted by molar-refractivity contribution is -0.104. The molecule has 0 unspecified atom stereocenters. The molecule has 0 radical (unpaired) electrons. The van der Waals surface area contributed by atoms with Crippen LogP contribution in [0.25, 0.3) is 0 Å². The van der Waals surface area contributed by atoms with Gasteiger partial charge in [0.2, 0.25) is 0 Å². The van der Waals surface area contributed by atoms with Crippen LogP contribution in [-0.2, 0) is 9.22 Å². The molecule has 0 rings (SSSR count). The Hall–Kier alpha value is -0.413. The number of hydrogen-bond acceptors (Lipinski definition) is 2. The predicted octanol–water partition coefficient (Wildman–Crippen LogP) is 3.15. The Morgan fingerprint density at radius 1 is 1.36 bits per heavy atom. The van der Waals surface area contributed by atoms with E-state index in [1.165, 1.54) is 0 Å². The molecule has 0 aromatic heterocycles. The van der Waals surface area contributed by atoms with Crippen LogP contribution in [0.1, 0.15) is 27.7 Å². The van der Waals surface area contributed by atoms with Crippen molar-refractivity contribution in [2.45, 2.75) is 45.8 Å². The van der Waals surface area contributed by atoms with Crippen molar-refractivity contribution in [2.75, 3.05) is 6.61 Å². The maximum absolute atomic E-state index is 10.3. The number of rotatable bonds is 4. The van der Waals surface area contributed by atoms with Crippen LogP contribution in [-0.4, -0.2) is 21.2 Å². The standard InChI is InChI=1S/C11H22O2Si/c1-10(9-12)7-8-13-14(5,6)11(2,3)4/h7,9H,8H2,1-6H3/b10-7-. The fraction of sp³-hybridized carbons (Fsp3) is 0.727. The Labute approximate surface area is 88.5 Å². The van der Waals surface area contributed by atoms with Gasteiger partial charge in [-0.1, -0.05) is 26.8 Å². The van der Waals surface area contributed by atoms with Crippen molar-refractivity contribution in [2.24, 2.45) is 0 Å². The molecule has 0 saturated heterocycles. The molecule has 0 aliphatic carbocycles. The zero-order chi connectivity index (χ0) is 11.4. The van der Waals surface area contributed by atoms with Crippen LogP contribution in [0.15, 0.2) is 11.6 Å². The Bertz CT molecular complexity index is 224. The number of allylic oxidation sites excluding steroid dienone is 1. The van der Waals surface area contributed by atoms with Gasteiger partial charge in [0.25, 0.3) is 0 Å². The van der Waals surface area contributed by atoms with Crippen LogP contribution in [0, 0.1) is 0 Å². The first-order valence-corrected chi connectivity index (χ1v) is 7.87. The normalized spacial score (nSPS) is 14.3. The van der Waals surface area contributed by atoms with E-state index in [1.807, 2.05) is 6.08 Å². The minimum absolute atomic E-state index is 0.232. The molecule has 82 valence electrons. The molecule has 2 nitrogen and oxygen atoms in total. The number of carbonyl (C=O) groups excluding carboxylic acids is 1. The molecular formula is C11H22O2Si. The maximum Gasteiger partial charge on any atom is 0.192 e. The summed E-state index contributed by atoms with van der Waals surface area (Å²) in [6.07, 6.45) is 2.70. The van der Waals surface area contributed by atoms with E-state index >= 15 is 0 Å². The van der Waals surface area contributed by atoms with Gasteiger partial charge in [0.15, 0.2) is 8.32 Å². The first-order valence-electron chi connectivity index (χ1n) is 4.96. The van der Waals surface area contributed by atoms with Crippen molar-refractivity contribution in [3.63, 3.8) is 0 Å². The predicted molar refractivity (Wildman–Crippen MR) is 63.0 cm³/mol. The summed E-state index contributed by atoms with van der Waals surface area (Å²) >= 11 is 0. The summed E-state index contributed by atoms with van der Waals surface area (Å²) in [6.45, 7) is 13.4. The summed E-state index contributed by atoms with van der Waals surface area (Å²) < 4.78 is 5.87. The molecule has 0 aromatic rings. The Morgan fingerprint density at radius 2 is 1.86 bits per heavy atom. The van der Waals surface area contributed by atoms with Gasteiger partial charge in [0.05, 0.1) is 6.61 Å². The zero-order valence-corrected chi connectivity index (χ0v) is 11.2. The van der Waals surface area contributed by atoms with Crippen molar-refractivity contribution >= 4 is 14.6 Å². The number of hydrogen-bond donors (Lipinski definition) is 0. The fourth-order valence-corrected chi connectivity index (χ4v) is 1.58. The SMILES string of the molecule is C/C(C=O)=C/CO[Si](C)(C)C(C)(C)C. The maximum atomic E-state index is 10.3. The highest BCUT2D eigenvalue weighted by atomic mass is 28.4. The van der Waals surface area contributed by atoms with Gasteiger partial charge in [-0.2, -0.15) is 0 Å². The van der Waals surface area contributed by atoms with Crippen LogP contribution in [0.2, 0.25) is 18.1 Å². The number of aldehydes is 1. The second-order valence-electron chi connectivity index (χ2n) is 5.14. The van der Waals surface area contributed by atoms with Gasteiger partial charge in [-0.3, -0.25) is 4.79 Å². The van der Waals surface area contributed by atoms with E-state index in [1.54, 1.807) is 6.92 Å². The molecule has 0 saturated carbocycles. The summed E-state index contributed by atoms with van der Waals surface area (Å²) in [7, 11) is -1.65. The highest BCUT2D eigenvalue weighted by molar-refractivity contribution is 6.74. The van der Waals surface area contributed by atoms with Crippen LogP contribution in [0.5, 0.6) is 0 Å². The van der Waals surface area contributed by atoms with Crippen molar-refractivity contribution in [1.82, 2.24) is 0 Å². The van der Waals surface area contributed by atoms with Crippen LogP contribution < -0.4 is 0 Å². The van der Waals surface area contributed by atoms with E-state index in [0.29, 0.717) is 6.61 Å². The Balaban J connectivity index is 4.20. The van der Waals surface area contributed by atoms with Crippen LogP contribution in [0.4, 0.5) is 0 Å². The smallest absolute Gasteiger partial charge is 0.192 e. The highest BCUT2D eigenvalue weighted by Gasteiger charge is 2.36. The van der Waals surface area contributed by atoms with Gasteiger partial charge in [0, 0.05) is 0 Å². The summed E-state index contributed by atoms with van der Waals surface area (Å²) in [5, 5.41) is 0.232. The minimum Gasteiger partial charge on any atom is -0.413 e. The second-order valence-corrected chi connectivity index (χ2v) is 9.95. The topological polar surface area (TPSA) is 26.3 Å². The molecule has 0 N–H and O–H groups in total. The molecule has 0 atom stereocenters. The Kier molecular flexibility index (Phi) is 4.75. The lowest BCUT2D eigenvalue weighted by Crippen LogP contribution is -2.40. The van der Waals surface area contributed by atoms with Crippen molar-refractivity contribution in [1.29, 1.82) is 0 Å². The van der Waals surface area contributed by atoms with Gasteiger partial charge in [-0.15, -0.1) is 0 Å². The van der Waals surface area contributed by atoms with Gasteiger partial charge in [-0.25, -0.2) is 0 Å². The molecule has 0 heterocycles. The molecule has 3 heteroatoms. The fourth-order valence-electron chi connectivity index (χ4n) is 0.646. The van der Waals surface area contributed by atoms with Gasteiger partial charge in [-0.05, 0) is 30.6 Å². The molecule has 0 aromatic carbocycles. The summed E-state index contributed by atoms with van der Waals surface area (Å²) in [4.78, 5) is 10.3. The minimum atomic E-state index is -1.65. The van der Waals surface area contributed by atoms with Crippen LogP contribution >= 0.6 is 0 Å². The lowest BCUT2D eigenvalue weighted by Gasteiger charge is -2.35. The van der Waals surface area contributed by atoms with E-state index in [-0.39, 0.29) is 5.04 Å². The summed E-state index contributed by atoms with van der Waals surface area (Å²) in [5.74, 6) is 0. The monoisotopic (exact) mass is 214 g/mol. The molecule has 0 amide bonds. The van der Waals surface area contributed by atoms with Gasteiger partial charge < -0.3 is 4.43 Å². The first-order chi connectivity index (χ1) is 6.20. The molecule has 0 aliphatic rings. The largest absolute Gasteiger partial charge is 0.413 e. The highest BCUT2D eigenvalue weighted by Crippen LogP contribution is 2.36. The van der Waals surface area contributed by atoms with Gasteiger partial charge in [0.1, 0.15) is 6.29 Å². The molecule has 0 bridgehead atoms. The zero-order valence-electron chi connectivity index (χ0n) is 10.2. The molecule has 14 heavy (non-hydrogen) atoms. The van der Waals surface area contributed by atoms with Crippen molar-refractivity contribution < 1.29 is 9.22 Å². The van der Waals surface area contributed by atoms with Crippen molar-refractivity contribution in [3.05, 3.63) is 11.6 Å². The van der Waals surface area contributed by atoms with E-state index in [0.717, 1.165) is 11.9 Å². The lowest BCUT2D eigenvalue weighted by atomic mass is 10.2. The first kappa shape index (κ1) is 13.6. The molecular weight excluding hydrogens is 192 g/mol. The molecule has 0 fully saturated rings. The third-order valence-electron chi connectivity index (χ3n) is 2.84. The van der Waals surface area contributed by atoms with E-state index in [4.69, 9.17) is 4.43 Å². The third-order valence-corrected chi connectivity index (χ3v) is 7.34. The molecule has 0 spiro atoms. The quantitative estimate of drug-likeness (QED) is 0.408. The van der Waals surface area contributed by atoms with E-state index in [9.17, 15) is 4.79 Å². The summed E-state index contributed by atoms with van der Waals surface area (Å²) in [6, 6.07) is 0. The number of carbonyl (C=O) groups is 1. The second kappa shape index (κ2) is 4.89. The van der Waals surface area contributed by atoms with Crippen LogP contribution in [0.3, 0.4) is 0 Å². The summed E-state index contributed by atoms with van der Waals surface area (Å²) in [5.41, 5.74) is 0.740.